The van der Waals surface area contributed by atoms with Crippen LogP contribution >= 0.6 is 34.8 Å². The summed E-state index contributed by atoms with van der Waals surface area (Å²) in [5.41, 5.74) is 0.926. The first-order valence-corrected chi connectivity index (χ1v) is 13.8. The maximum atomic E-state index is 13.7. The Morgan fingerprint density at radius 3 is 2.49 bits per heavy atom. The van der Waals surface area contributed by atoms with Gasteiger partial charge in [0.15, 0.2) is 0 Å². The number of benzene rings is 2. The van der Waals surface area contributed by atoms with Crippen molar-refractivity contribution in [3.8, 4) is 0 Å². The number of pyridine rings is 1. The number of carbonyl (C=O) groups excluding carboxylic acids is 1. The molecular formula is C25H24Cl3N3O3S. The van der Waals surface area contributed by atoms with E-state index in [9.17, 15) is 13.2 Å². The van der Waals surface area contributed by atoms with E-state index in [1.54, 1.807) is 36.4 Å². The number of aromatic nitrogens is 1. The fraction of sp³-hybridized carbons (Fsp3) is 0.280. The molecule has 0 unspecified atom stereocenters. The largest absolute Gasteiger partial charge is 0.306 e. The fourth-order valence-corrected chi connectivity index (χ4v) is 6.56. The normalized spacial score (nSPS) is 15.5. The lowest BCUT2D eigenvalue weighted by Crippen LogP contribution is -2.40. The van der Waals surface area contributed by atoms with Crippen molar-refractivity contribution in [2.24, 2.45) is 5.92 Å². The predicted molar refractivity (Wildman–Crippen MR) is 141 cm³/mol. The number of carbonyl (C=O) groups is 1. The molecule has 0 saturated heterocycles. The van der Waals surface area contributed by atoms with Crippen LogP contribution < -0.4 is 9.62 Å². The van der Waals surface area contributed by atoms with Gasteiger partial charge >= 0.3 is 0 Å². The average molecular weight is 553 g/mol. The smallest absolute Gasteiger partial charge is 0.265 e. The molecule has 2 aromatic carbocycles. The van der Waals surface area contributed by atoms with Gasteiger partial charge in [0, 0.05) is 11.6 Å². The van der Waals surface area contributed by atoms with Crippen molar-refractivity contribution in [1.29, 1.82) is 0 Å². The molecule has 0 aliphatic carbocycles. The Morgan fingerprint density at radius 1 is 1.09 bits per heavy atom. The summed E-state index contributed by atoms with van der Waals surface area (Å²) in [7, 11) is -3.94. The van der Waals surface area contributed by atoms with E-state index in [1.165, 1.54) is 16.4 Å². The number of unbranched alkanes of at least 4 members (excludes halogenated alkanes) is 1. The highest BCUT2D eigenvalue weighted by Gasteiger charge is 2.34. The van der Waals surface area contributed by atoms with Gasteiger partial charge in [-0.05, 0) is 60.7 Å². The van der Waals surface area contributed by atoms with Gasteiger partial charge in [0.2, 0.25) is 0 Å². The van der Waals surface area contributed by atoms with E-state index in [1.807, 2.05) is 6.07 Å². The van der Waals surface area contributed by atoms with Gasteiger partial charge in [-0.3, -0.25) is 4.79 Å². The van der Waals surface area contributed by atoms with Gasteiger partial charge in [-0.15, -0.1) is 0 Å². The zero-order valence-electron chi connectivity index (χ0n) is 19.0. The molecular weight excluding hydrogens is 529 g/mol. The standard InChI is InChI=1S/C25H24Cl3N3O3S/c1-2-3-6-16-13-17-11-12-22(30-25(32)23-20(27)9-5-10-21(23)28)29-24(17)31(15-16)35(33,34)19-8-4-7-18(26)14-19/h4-5,7-12,14,16H,2-3,6,13,15H2,1H3,(H,29,30,32)/t16-/m1/s1. The Kier molecular flexibility index (Phi) is 7.91. The summed E-state index contributed by atoms with van der Waals surface area (Å²) in [6, 6.07) is 14.4. The Hall–Kier alpha value is -2.32. The van der Waals surface area contributed by atoms with Crippen LogP contribution in [0.2, 0.25) is 15.1 Å². The highest BCUT2D eigenvalue weighted by molar-refractivity contribution is 7.92. The van der Waals surface area contributed by atoms with Crippen LogP contribution in [0, 0.1) is 5.92 Å². The summed E-state index contributed by atoms with van der Waals surface area (Å²) in [5.74, 6) is 0.110. The number of nitrogens with one attached hydrogen (secondary N) is 1. The van der Waals surface area contributed by atoms with Crippen molar-refractivity contribution in [2.45, 2.75) is 37.5 Å². The molecule has 10 heteroatoms. The number of halogens is 3. The lowest BCUT2D eigenvalue weighted by Gasteiger charge is -2.34. The summed E-state index contributed by atoms with van der Waals surface area (Å²) in [6.07, 6.45) is 3.64. The topological polar surface area (TPSA) is 79.4 Å². The van der Waals surface area contributed by atoms with Crippen molar-refractivity contribution >= 4 is 62.4 Å². The third-order valence-corrected chi connectivity index (χ3v) is 8.52. The van der Waals surface area contributed by atoms with Gasteiger partial charge in [0.05, 0.1) is 20.5 Å². The molecule has 1 atom stereocenters. The first kappa shape index (κ1) is 25.8. The quantitative estimate of drug-likeness (QED) is 0.347. The third kappa shape index (κ3) is 5.59. The number of anilines is 2. The van der Waals surface area contributed by atoms with Crippen LogP contribution in [-0.2, 0) is 16.4 Å². The molecule has 0 radical (unpaired) electrons. The molecule has 1 aliphatic heterocycles. The SMILES string of the molecule is CCCC[C@@H]1Cc2ccc(NC(=O)c3c(Cl)cccc3Cl)nc2N(S(=O)(=O)c2cccc(Cl)c2)C1. The maximum Gasteiger partial charge on any atom is 0.265 e. The zero-order valence-corrected chi connectivity index (χ0v) is 22.1. The number of nitrogens with zero attached hydrogens (tertiary/aromatic N) is 2. The van der Waals surface area contributed by atoms with E-state index in [-0.39, 0.29) is 32.2 Å². The average Bonchev–Trinajstić information content (AvgIpc) is 2.82. The van der Waals surface area contributed by atoms with Crippen LogP contribution in [0.1, 0.15) is 42.1 Å². The fourth-order valence-electron chi connectivity index (χ4n) is 4.17. The molecule has 1 aromatic heterocycles. The van der Waals surface area contributed by atoms with E-state index < -0.39 is 15.9 Å². The number of hydrogen-bond donors (Lipinski definition) is 1. The van der Waals surface area contributed by atoms with E-state index >= 15 is 0 Å². The Labute approximate surface area is 220 Å². The van der Waals surface area contributed by atoms with Crippen molar-refractivity contribution in [2.75, 3.05) is 16.2 Å². The third-order valence-electron chi connectivity index (χ3n) is 5.91. The Balaban J connectivity index is 1.72. The molecule has 1 amide bonds. The minimum Gasteiger partial charge on any atom is -0.306 e. The molecule has 0 spiro atoms. The Bertz CT molecular complexity index is 1340. The van der Waals surface area contributed by atoms with Crippen molar-refractivity contribution < 1.29 is 13.2 Å². The summed E-state index contributed by atoms with van der Waals surface area (Å²) >= 11 is 18.4. The number of amides is 1. The molecule has 1 aliphatic rings. The van der Waals surface area contributed by atoms with Crippen LogP contribution in [0.4, 0.5) is 11.6 Å². The van der Waals surface area contributed by atoms with Gasteiger partial charge in [-0.25, -0.2) is 17.7 Å². The summed E-state index contributed by atoms with van der Waals surface area (Å²) in [4.78, 5) is 17.5. The molecule has 4 rings (SSSR count). The second kappa shape index (κ2) is 10.7. The zero-order chi connectivity index (χ0) is 25.2. The van der Waals surface area contributed by atoms with Gasteiger partial charge in [0.25, 0.3) is 15.9 Å². The molecule has 1 N–H and O–H groups in total. The molecule has 6 nitrogen and oxygen atoms in total. The molecule has 3 aromatic rings. The van der Waals surface area contributed by atoms with Crippen molar-refractivity contribution in [3.05, 3.63) is 80.8 Å². The van der Waals surface area contributed by atoms with E-state index in [4.69, 9.17) is 34.8 Å². The second-order valence-corrected chi connectivity index (χ2v) is 11.5. The van der Waals surface area contributed by atoms with Gasteiger partial charge in [-0.1, -0.05) is 72.8 Å². The minimum atomic E-state index is -3.94. The monoisotopic (exact) mass is 551 g/mol. The minimum absolute atomic E-state index is 0.0891. The first-order chi connectivity index (χ1) is 16.7. The second-order valence-electron chi connectivity index (χ2n) is 8.44. The van der Waals surface area contributed by atoms with Crippen LogP contribution in [0.15, 0.2) is 59.5 Å². The molecule has 2 heterocycles. The number of hydrogen-bond acceptors (Lipinski definition) is 4. The molecule has 0 bridgehead atoms. The highest BCUT2D eigenvalue weighted by atomic mass is 35.5. The van der Waals surface area contributed by atoms with Crippen LogP contribution in [0.25, 0.3) is 0 Å². The van der Waals surface area contributed by atoms with Crippen LogP contribution in [-0.4, -0.2) is 25.9 Å². The van der Waals surface area contributed by atoms with Gasteiger partial charge in [-0.2, -0.15) is 0 Å². The molecule has 0 fully saturated rings. The number of sulfonamides is 1. The van der Waals surface area contributed by atoms with Crippen LogP contribution in [0.5, 0.6) is 0 Å². The summed E-state index contributed by atoms with van der Waals surface area (Å²) in [6.45, 7) is 2.40. The summed E-state index contributed by atoms with van der Waals surface area (Å²) in [5, 5.41) is 3.44. The number of rotatable bonds is 7. The lowest BCUT2D eigenvalue weighted by molar-refractivity contribution is 0.102. The predicted octanol–water partition coefficient (Wildman–Crippen LogP) is 6.85. The van der Waals surface area contributed by atoms with E-state index in [0.29, 0.717) is 23.8 Å². The molecule has 35 heavy (non-hydrogen) atoms. The molecule has 0 saturated carbocycles. The molecule has 184 valence electrons. The van der Waals surface area contributed by atoms with Gasteiger partial charge < -0.3 is 5.32 Å². The Morgan fingerprint density at radius 2 is 1.80 bits per heavy atom. The highest BCUT2D eigenvalue weighted by Crippen LogP contribution is 2.36. The van der Waals surface area contributed by atoms with Gasteiger partial charge in [0.1, 0.15) is 11.6 Å². The maximum absolute atomic E-state index is 13.7. The van der Waals surface area contributed by atoms with E-state index in [2.05, 4.69) is 17.2 Å². The number of fused-ring (bicyclic) bond motifs is 1. The van der Waals surface area contributed by atoms with Crippen LogP contribution in [0.3, 0.4) is 0 Å². The van der Waals surface area contributed by atoms with Crippen molar-refractivity contribution in [3.63, 3.8) is 0 Å². The lowest BCUT2D eigenvalue weighted by atomic mass is 9.91. The van der Waals surface area contributed by atoms with E-state index in [0.717, 1.165) is 24.8 Å². The first-order valence-electron chi connectivity index (χ1n) is 11.2. The summed E-state index contributed by atoms with van der Waals surface area (Å²) < 4.78 is 28.7. The van der Waals surface area contributed by atoms with Crippen molar-refractivity contribution in [1.82, 2.24) is 4.98 Å².